The highest BCUT2D eigenvalue weighted by atomic mass is 32.2. The minimum Gasteiger partial charge on any atom is -0.450 e. The van der Waals surface area contributed by atoms with E-state index in [9.17, 15) is 23.2 Å². The molecular formula is C29H18F2N4O4S2. The lowest BCUT2D eigenvalue weighted by molar-refractivity contribution is -0.121. The van der Waals surface area contributed by atoms with Crippen LogP contribution in [-0.2, 0) is 16.1 Å². The van der Waals surface area contributed by atoms with Gasteiger partial charge in [0.2, 0.25) is 10.9 Å². The summed E-state index contributed by atoms with van der Waals surface area (Å²) < 4.78 is 34.0. The summed E-state index contributed by atoms with van der Waals surface area (Å²) >= 11 is 2.42. The van der Waals surface area contributed by atoms with Crippen molar-refractivity contribution in [3.05, 3.63) is 111 Å². The third kappa shape index (κ3) is 3.60. The summed E-state index contributed by atoms with van der Waals surface area (Å²) in [4.78, 5) is 45.3. The lowest BCUT2D eigenvalue weighted by Crippen LogP contribution is -2.53. The number of fused-ring (bicyclic) bond motifs is 5. The van der Waals surface area contributed by atoms with Crippen LogP contribution < -0.4 is 15.2 Å². The molecule has 0 saturated carbocycles. The van der Waals surface area contributed by atoms with Gasteiger partial charge >= 0.3 is 0 Å². The molecule has 0 aliphatic carbocycles. The van der Waals surface area contributed by atoms with Gasteiger partial charge in [-0.15, -0.1) is 10.2 Å². The smallest absolute Gasteiger partial charge is 0.297 e. The van der Waals surface area contributed by atoms with E-state index in [2.05, 4.69) is 10.2 Å². The van der Waals surface area contributed by atoms with Gasteiger partial charge in [-0.1, -0.05) is 53.4 Å². The number of aromatic nitrogens is 2. The van der Waals surface area contributed by atoms with Gasteiger partial charge in [0.15, 0.2) is 15.3 Å². The standard InChI is InChI=1S/C29H18F2N4O4S2/c1-2-34-20-6-4-3-5-19(20)29(26(34)38)22-23(36)18-13-17(31)11-12-21(18)39-24(22)25(37)35(29)27-32-33-28(41-27)40-14-15-7-9-16(30)10-8-15/h3-13H,2,14H2,1H3. The quantitative estimate of drug-likeness (QED) is 0.198. The highest BCUT2D eigenvalue weighted by molar-refractivity contribution is 8.00. The monoisotopic (exact) mass is 588 g/mol. The number of benzene rings is 3. The van der Waals surface area contributed by atoms with Crippen LogP contribution in [0.15, 0.2) is 80.3 Å². The first-order chi connectivity index (χ1) is 19.8. The van der Waals surface area contributed by atoms with Crippen molar-refractivity contribution >= 4 is 56.7 Å². The fourth-order valence-corrected chi connectivity index (χ4v) is 7.37. The second-order valence-electron chi connectivity index (χ2n) is 9.46. The summed E-state index contributed by atoms with van der Waals surface area (Å²) in [6.45, 7) is 2.07. The molecule has 0 fully saturated rings. The average Bonchev–Trinajstić information content (AvgIpc) is 3.61. The third-order valence-corrected chi connectivity index (χ3v) is 9.38. The van der Waals surface area contributed by atoms with Gasteiger partial charge in [0.05, 0.1) is 16.6 Å². The lowest BCUT2D eigenvalue weighted by Gasteiger charge is -2.31. The molecule has 2 aromatic heterocycles. The van der Waals surface area contributed by atoms with Gasteiger partial charge in [0, 0.05) is 17.9 Å². The van der Waals surface area contributed by atoms with Crippen molar-refractivity contribution in [2.75, 3.05) is 16.3 Å². The summed E-state index contributed by atoms with van der Waals surface area (Å²) in [7, 11) is 0. The van der Waals surface area contributed by atoms with E-state index in [1.54, 1.807) is 43.3 Å². The SMILES string of the molecule is CCN1C(=O)C2(c3ccccc31)c1c(oc3ccc(F)cc3c1=O)C(=O)N2c1nnc(SCc2ccc(F)cc2)s1. The fourth-order valence-electron chi connectivity index (χ4n) is 5.53. The van der Waals surface area contributed by atoms with E-state index in [1.807, 2.05) is 0 Å². The predicted octanol–water partition coefficient (Wildman–Crippen LogP) is 5.49. The number of likely N-dealkylation sites (N-methyl/N-ethyl adjacent to an activating group) is 1. The van der Waals surface area contributed by atoms with Gasteiger partial charge < -0.3 is 9.32 Å². The molecule has 1 atom stereocenters. The van der Waals surface area contributed by atoms with E-state index in [-0.39, 0.29) is 39.8 Å². The molecule has 8 nitrogen and oxygen atoms in total. The number of nitrogens with zero attached hydrogens (tertiary/aromatic N) is 4. The Balaban J connectivity index is 1.43. The van der Waals surface area contributed by atoms with Crippen LogP contribution in [0.2, 0.25) is 0 Å². The topological polar surface area (TPSA) is 96.6 Å². The van der Waals surface area contributed by atoms with Crippen molar-refractivity contribution in [3.63, 3.8) is 0 Å². The molecule has 2 aliphatic heterocycles. The molecule has 2 amide bonds. The maximum atomic E-state index is 14.4. The Morgan fingerprint density at radius 2 is 1.73 bits per heavy atom. The third-order valence-electron chi connectivity index (χ3n) is 7.27. The van der Waals surface area contributed by atoms with Crippen LogP contribution in [0.4, 0.5) is 19.6 Å². The van der Waals surface area contributed by atoms with E-state index >= 15 is 0 Å². The molecule has 0 radical (unpaired) electrons. The van der Waals surface area contributed by atoms with E-state index < -0.39 is 28.6 Å². The second kappa shape index (κ2) is 9.32. The zero-order valence-corrected chi connectivity index (χ0v) is 22.9. The lowest BCUT2D eigenvalue weighted by atomic mass is 9.84. The maximum Gasteiger partial charge on any atom is 0.297 e. The summed E-state index contributed by atoms with van der Waals surface area (Å²) in [5, 5.41) is 8.52. The number of hydrogen-bond donors (Lipinski definition) is 0. The molecule has 4 heterocycles. The highest BCUT2D eigenvalue weighted by Crippen LogP contribution is 2.54. The van der Waals surface area contributed by atoms with Gasteiger partial charge in [0.1, 0.15) is 17.2 Å². The first kappa shape index (κ1) is 25.5. The van der Waals surface area contributed by atoms with Gasteiger partial charge in [0.25, 0.3) is 11.8 Å². The number of hydrogen-bond acceptors (Lipinski definition) is 8. The summed E-state index contributed by atoms with van der Waals surface area (Å²) in [6.07, 6.45) is 0. The molecule has 1 spiro atoms. The fraction of sp³-hybridized carbons (Fsp3) is 0.138. The molecule has 1 unspecified atom stereocenters. The van der Waals surface area contributed by atoms with Crippen LogP contribution in [0.3, 0.4) is 0 Å². The van der Waals surface area contributed by atoms with Gasteiger partial charge in [-0.05, 0) is 48.9 Å². The summed E-state index contributed by atoms with van der Waals surface area (Å²) in [5.74, 6) is -2.07. The van der Waals surface area contributed by atoms with Crippen LogP contribution in [0.5, 0.6) is 0 Å². The Morgan fingerprint density at radius 3 is 2.51 bits per heavy atom. The number of para-hydroxylation sites is 1. The molecule has 41 heavy (non-hydrogen) atoms. The zero-order chi connectivity index (χ0) is 28.5. The minimum absolute atomic E-state index is 0.0272. The molecule has 5 aromatic rings. The molecule has 12 heteroatoms. The highest BCUT2D eigenvalue weighted by Gasteiger charge is 2.66. The number of amides is 2. The molecule has 204 valence electrons. The Bertz CT molecular complexity index is 1960. The second-order valence-corrected chi connectivity index (χ2v) is 11.6. The average molecular weight is 589 g/mol. The number of thioether (sulfide) groups is 1. The van der Waals surface area contributed by atoms with Crippen molar-refractivity contribution in [1.82, 2.24) is 10.2 Å². The molecule has 3 aromatic carbocycles. The van der Waals surface area contributed by atoms with E-state index in [0.717, 1.165) is 29.0 Å². The van der Waals surface area contributed by atoms with Crippen molar-refractivity contribution in [2.24, 2.45) is 0 Å². The minimum atomic E-state index is -1.92. The van der Waals surface area contributed by atoms with Crippen molar-refractivity contribution in [3.8, 4) is 0 Å². The van der Waals surface area contributed by atoms with Crippen molar-refractivity contribution < 1.29 is 22.8 Å². The summed E-state index contributed by atoms with van der Waals surface area (Å²) in [6, 6.07) is 16.5. The van der Waals surface area contributed by atoms with Crippen LogP contribution >= 0.6 is 23.1 Å². The largest absolute Gasteiger partial charge is 0.450 e. The molecular weight excluding hydrogens is 570 g/mol. The van der Waals surface area contributed by atoms with Crippen LogP contribution in [0, 0.1) is 11.6 Å². The molecule has 0 bridgehead atoms. The van der Waals surface area contributed by atoms with Crippen molar-refractivity contribution in [2.45, 2.75) is 22.6 Å². The number of rotatable bonds is 5. The molecule has 2 aliphatic rings. The van der Waals surface area contributed by atoms with E-state index in [0.29, 0.717) is 21.3 Å². The first-order valence-electron chi connectivity index (χ1n) is 12.6. The van der Waals surface area contributed by atoms with Crippen LogP contribution in [-0.4, -0.2) is 28.6 Å². The van der Waals surface area contributed by atoms with E-state index in [1.165, 1.54) is 39.8 Å². The molecule has 0 N–H and O–H groups in total. The number of halogens is 2. The first-order valence-corrected chi connectivity index (χ1v) is 14.4. The van der Waals surface area contributed by atoms with Gasteiger partial charge in [-0.2, -0.15) is 0 Å². The Hall–Kier alpha value is -4.42. The van der Waals surface area contributed by atoms with E-state index in [4.69, 9.17) is 4.42 Å². The van der Waals surface area contributed by atoms with Crippen molar-refractivity contribution in [1.29, 1.82) is 0 Å². The summed E-state index contributed by atoms with van der Waals surface area (Å²) in [5.41, 5.74) is -0.922. The Kier molecular flexibility index (Phi) is 5.80. The normalized spacial score (nSPS) is 17.6. The Labute approximate surface area is 239 Å². The van der Waals surface area contributed by atoms with Crippen LogP contribution in [0.25, 0.3) is 11.0 Å². The predicted molar refractivity (Wildman–Crippen MR) is 150 cm³/mol. The number of anilines is 2. The number of carbonyl (C=O) groups is 2. The van der Waals surface area contributed by atoms with Gasteiger partial charge in [-0.3, -0.25) is 19.3 Å². The van der Waals surface area contributed by atoms with Crippen LogP contribution in [0.1, 0.15) is 34.2 Å². The number of carbonyl (C=O) groups excluding carboxylic acids is 2. The maximum absolute atomic E-state index is 14.4. The van der Waals surface area contributed by atoms with Gasteiger partial charge in [-0.25, -0.2) is 8.78 Å². The molecule has 7 rings (SSSR count). The zero-order valence-electron chi connectivity index (χ0n) is 21.3. The Morgan fingerprint density at radius 1 is 0.976 bits per heavy atom. The molecule has 0 saturated heterocycles.